The number of nitrogens with one attached hydrogen (secondary N) is 1. The van der Waals surface area contributed by atoms with E-state index in [2.05, 4.69) is 43.3 Å². The number of likely N-dealkylation sites (N-methyl/N-ethyl adjacent to an activating group) is 1. The van der Waals surface area contributed by atoms with Gasteiger partial charge in [0.25, 0.3) is 0 Å². The molecule has 1 aromatic heterocycles. The number of rotatable bonds is 7. The van der Waals surface area contributed by atoms with E-state index in [0.717, 1.165) is 19.4 Å². The Morgan fingerprint density at radius 3 is 2.35 bits per heavy atom. The molecule has 1 atom stereocenters. The Balaban J connectivity index is 2.35. The molecule has 0 bridgehead atoms. The van der Waals surface area contributed by atoms with Gasteiger partial charge in [0.1, 0.15) is 0 Å². The lowest BCUT2D eigenvalue weighted by molar-refractivity contribution is 0.0605. The normalized spacial score (nSPS) is 18.6. The van der Waals surface area contributed by atoms with Gasteiger partial charge in [0.2, 0.25) is 0 Å². The minimum atomic E-state index is 0.195. The Morgan fingerprint density at radius 2 is 1.90 bits per heavy atom. The van der Waals surface area contributed by atoms with Crippen LogP contribution in [0.1, 0.15) is 58.2 Å². The van der Waals surface area contributed by atoms with Gasteiger partial charge in [0, 0.05) is 18.8 Å². The summed E-state index contributed by atoms with van der Waals surface area (Å²) < 4.78 is 1.92. The maximum Gasteiger partial charge on any atom is 0.0812 e. The molecule has 1 fully saturated rings. The zero-order chi connectivity index (χ0) is 14.6. The van der Waals surface area contributed by atoms with Crippen molar-refractivity contribution in [1.82, 2.24) is 20.0 Å². The van der Waals surface area contributed by atoms with Crippen molar-refractivity contribution in [2.24, 2.45) is 7.05 Å². The van der Waals surface area contributed by atoms with Crippen molar-refractivity contribution in [1.29, 1.82) is 0 Å². The smallest absolute Gasteiger partial charge is 0.0812 e. The summed E-state index contributed by atoms with van der Waals surface area (Å²) in [6.07, 6.45) is 7.06. The van der Waals surface area contributed by atoms with Crippen molar-refractivity contribution >= 4 is 0 Å². The van der Waals surface area contributed by atoms with E-state index in [1.807, 2.05) is 11.7 Å². The summed E-state index contributed by atoms with van der Waals surface area (Å²) in [5, 5.41) is 8.40. The zero-order valence-corrected chi connectivity index (χ0v) is 13.5. The van der Waals surface area contributed by atoms with E-state index in [-0.39, 0.29) is 5.54 Å². The lowest BCUT2D eigenvalue weighted by Gasteiger charge is -2.46. The zero-order valence-electron chi connectivity index (χ0n) is 13.5. The molecule has 1 aromatic rings. The third kappa shape index (κ3) is 2.77. The number of likely N-dealkylation sites (tertiary alicyclic amines) is 1. The maximum atomic E-state index is 4.69. The first-order chi connectivity index (χ1) is 9.67. The quantitative estimate of drug-likeness (QED) is 0.832. The molecule has 1 N–H and O–H groups in total. The minimum Gasteiger partial charge on any atom is -0.307 e. The molecule has 0 radical (unpaired) electrons. The van der Waals surface area contributed by atoms with E-state index in [1.165, 1.54) is 31.6 Å². The van der Waals surface area contributed by atoms with E-state index in [1.54, 1.807) is 0 Å². The molecule has 0 spiro atoms. The maximum absolute atomic E-state index is 4.69. The summed E-state index contributed by atoms with van der Waals surface area (Å²) in [5.74, 6) is 0. The van der Waals surface area contributed by atoms with Crippen LogP contribution < -0.4 is 5.32 Å². The van der Waals surface area contributed by atoms with E-state index in [9.17, 15) is 0 Å². The highest BCUT2D eigenvalue weighted by atomic mass is 15.3. The Morgan fingerprint density at radius 1 is 1.25 bits per heavy atom. The average molecular weight is 278 g/mol. The minimum absolute atomic E-state index is 0.195. The molecule has 0 aromatic carbocycles. The fraction of sp³-hybridized carbons (Fsp3) is 0.812. The Bertz CT molecular complexity index is 402. The van der Waals surface area contributed by atoms with E-state index in [4.69, 9.17) is 5.10 Å². The van der Waals surface area contributed by atoms with Crippen LogP contribution in [-0.4, -0.2) is 39.9 Å². The molecule has 1 aliphatic heterocycles. The van der Waals surface area contributed by atoms with Gasteiger partial charge in [-0.3, -0.25) is 9.58 Å². The molecule has 1 aliphatic rings. The molecule has 1 saturated heterocycles. The first-order valence-electron chi connectivity index (χ1n) is 8.16. The number of nitrogens with zero attached hydrogens (tertiary/aromatic N) is 3. The molecule has 2 rings (SSSR count). The van der Waals surface area contributed by atoms with Crippen molar-refractivity contribution in [2.75, 3.05) is 19.6 Å². The first kappa shape index (κ1) is 15.5. The molecule has 1 unspecified atom stereocenters. The van der Waals surface area contributed by atoms with Gasteiger partial charge in [-0.25, -0.2) is 0 Å². The summed E-state index contributed by atoms with van der Waals surface area (Å²) in [4.78, 5) is 2.70. The van der Waals surface area contributed by atoms with E-state index < -0.39 is 0 Å². The van der Waals surface area contributed by atoms with Crippen molar-refractivity contribution in [3.05, 3.63) is 18.0 Å². The second kappa shape index (κ2) is 6.72. The van der Waals surface area contributed by atoms with Gasteiger partial charge in [0.05, 0.1) is 11.7 Å². The lowest BCUT2D eigenvalue weighted by atomic mass is 9.81. The molecule has 0 aliphatic carbocycles. The van der Waals surface area contributed by atoms with Crippen molar-refractivity contribution in [2.45, 2.75) is 58.0 Å². The summed E-state index contributed by atoms with van der Waals surface area (Å²) in [6.45, 7) is 10.3. The van der Waals surface area contributed by atoms with Crippen LogP contribution in [0, 0.1) is 0 Å². The van der Waals surface area contributed by atoms with Crippen molar-refractivity contribution in [3.8, 4) is 0 Å². The largest absolute Gasteiger partial charge is 0.307 e. The van der Waals surface area contributed by atoms with Gasteiger partial charge in [-0.1, -0.05) is 20.8 Å². The van der Waals surface area contributed by atoms with Crippen LogP contribution in [0.25, 0.3) is 0 Å². The monoisotopic (exact) mass is 278 g/mol. The Hall–Kier alpha value is -0.870. The summed E-state index contributed by atoms with van der Waals surface area (Å²) in [7, 11) is 2.00. The number of aromatic nitrogens is 2. The average Bonchev–Trinajstić information content (AvgIpc) is 3.11. The highest BCUT2D eigenvalue weighted by Crippen LogP contribution is 2.38. The van der Waals surface area contributed by atoms with Gasteiger partial charge in [0.15, 0.2) is 0 Å². The Labute approximate surface area is 123 Å². The standard InChI is InChI=1S/C16H30N4/c1-5-16(6-2,20-11-8-9-12-20)15(17-7-3)14-10-13-19(4)18-14/h10,13,15,17H,5-9,11-12H2,1-4H3. The fourth-order valence-electron chi connectivity index (χ4n) is 3.81. The molecule has 0 saturated carbocycles. The molecule has 4 nitrogen and oxygen atoms in total. The van der Waals surface area contributed by atoms with Crippen LogP contribution in [0.2, 0.25) is 0 Å². The molecule has 20 heavy (non-hydrogen) atoms. The summed E-state index contributed by atoms with van der Waals surface area (Å²) in [6, 6.07) is 2.49. The van der Waals surface area contributed by atoms with Crippen LogP contribution in [0.4, 0.5) is 0 Å². The lowest BCUT2D eigenvalue weighted by Crippen LogP contribution is -2.55. The molecular formula is C16H30N4. The SMILES string of the molecule is CCNC(c1ccn(C)n1)C(CC)(CC)N1CCCC1. The van der Waals surface area contributed by atoms with Gasteiger partial charge in [-0.05, 0) is 51.4 Å². The Kier molecular flexibility index (Phi) is 5.22. The van der Waals surface area contributed by atoms with E-state index in [0.29, 0.717) is 6.04 Å². The molecule has 4 heteroatoms. The van der Waals surface area contributed by atoms with Crippen LogP contribution in [0.15, 0.2) is 12.3 Å². The van der Waals surface area contributed by atoms with Gasteiger partial charge < -0.3 is 5.32 Å². The summed E-state index contributed by atoms with van der Waals surface area (Å²) in [5.41, 5.74) is 1.38. The third-order valence-electron chi connectivity index (χ3n) is 4.94. The number of hydrogen-bond donors (Lipinski definition) is 1. The van der Waals surface area contributed by atoms with Crippen LogP contribution in [0.3, 0.4) is 0 Å². The van der Waals surface area contributed by atoms with Gasteiger partial charge >= 0.3 is 0 Å². The predicted octanol–water partition coefficient (Wildman–Crippen LogP) is 2.73. The second-order valence-corrected chi connectivity index (χ2v) is 5.91. The molecule has 0 amide bonds. The predicted molar refractivity (Wildman–Crippen MR) is 83.7 cm³/mol. The van der Waals surface area contributed by atoms with Crippen LogP contribution >= 0.6 is 0 Å². The molecule has 114 valence electrons. The molecule has 2 heterocycles. The summed E-state index contributed by atoms with van der Waals surface area (Å²) >= 11 is 0. The van der Waals surface area contributed by atoms with Gasteiger partial charge in [-0.2, -0.15) is 5.10 Å². The number of hydrogen-bond acceptors (Lipinski definition) is 3. The van der Waals surface area contributed by atoms with Crippen LogP contribution in [0.5, 0.6) is 0 Å². The van der Waals surface area contributed by atoms with Crippen LogP contribution in [-0.2, 0) is 7.05 Å². The molecular weight excluding hydrogens is 248 g/mol. The van der Waals surface area contributed by atoms with Crippen molar-refractivity contribution in [3.63, 3.8) is 0 Å². The third-order valence-corrected chi connectivity index (χ3v) is 4.94. The highest BCUT2D eigenvalue weighted by molar-refractivity contribution is 5.15. The second-order valence-electron chi connectivity index (χ2n) is 5.91. The van der Waals surface area contributed by atoms with Crippen molar-refractivity contribution < 1.29 is 0 Å². The highest BCUT2D eigenvalue weighted by Gasteiger charge is 2.43. The first-order valence-corrected chi connectivity index (χ1v) is 8.16. The number of aryl methyl sites for hydroxylation is 1. The topological polar surface area (TPSA) is 33.1 Å². The van der Waals surface area contributed by atoms with E-state index >= 15 is 0 Å². The fourth-order valence-corrected chi connectivity index (χ4v) is 3.81. The van der Waals surface area contributed by atoms with Gasteiger partial charge in [-0.15, -0.1) is 0 Å².